The quantitative estimate of drug-likeness (QED) is 0.778. The van der Waals surface area contributed by atoms with Crippen LogP contribution in [0.25, 0.3) is 21.4 Å². The number of hydrogen-bond donors (Lipinski definition) is 1. The summed E-state index contributed by atoms with van der Waals surface area (Å²) in [4.78, 5) is 11.0. The van der Waals surface area contributed by atoms with Gasteiger partial charge in [0.15, 0.2) is 0 Å². The molecule has 2 aromatic heterocycles. The summed E-state index contributed by atoms with van der Waals surface area (Å²) in [6.07, 6.45) is 2.44. The number of amides is 1. The number of furan rings is 1. The number of hydrogen-bond acceptors (Lipinski definition) is 4. The molecular weight excluding hydrogens is 298 g/mol. The molecule has 0 aliphatic carbocycles. The van der Waals surface area contributed by atoms with Crippen molar-refractivity contribution < 1.29 is 13.9 Å². The van der Waals surface area contributed by atoms with Gasteiger partial charge in [-0.05, 0) is 41.6 Å². The molecule has 1 aromatic carbocycles. The Labute approximate surface area is 132 Å². The van der Waals surface area contributed by atoms with Crippen molar-refractivity contribution in [3.63, 3.8) is 0 Å². The van der Waals surface area contributed by atoms with Gasteiger partial charge >= 0.3 is 0 Å². The standard InChI is InChI=1S/C17H17NO3S/c1-11(19)18-8-7-12-10-22-15-6-5-13(20-2)17(16(12)15)14-4-3-9-21-14/h3-6,9-10H,7-8H2,1-2H3,(H,18,19). The number of nitrogens with one attached hydrogen (secondary N) is 1. The van der Waals surface area contributed by atoms with Gasteiger partial charge in [0.1, 0.15) is 11.5 Å². The van der Waals surface area contributed by atoms with Gasteiger partial charge in [-0.15, -0.1) is 11.3 Å². The Morgan fingerprint density at radius 2 is 2.23 bits per heavy atom. The fourth-order valence-electron chi connectivity index (χ4n) is 2.57. The van der Waals surface area contributed by atoms with Crippen LogP contribution in [-0.2, 0) is 11.2 Å². The normalized spacial score (nSPS) is 10.8. The minimum Gasteiger partial charge on any atom is -0.496 e. The van der Waals surface area contributed by atoms with Crippen molar-refractivity contribution in [3.8, 4) is 17.1 Å². The molecule has 5 heteroatoms. The average Bonchev–Trinajstić information content (AvgIpc) is 3.15. The summed E-state index contributed by atoms with van der Waals surface area (Å²) in [5, 5.41) is 6.12. The van der Waals surface area contributed by atoms with E-state index in [1.807, 2.05) is 18.2 Å². The van der Waals surface area contributed by atoms with Gasteiger partial charge < -0.3 is 14.5 Å². The third-order valence-corrected chi connectivity index (χ3v) is 4.53. The highest BCUT2D eigenvalue weighted by atomic mass is 32.1. The van der Waals surface area contributed by atoms with E-state index >= 15 is 0 Å². The van der Waals surface area contributed by atoms with Crippen LogP contribution in [0.15, 0.2) is 40.3 Å². The van der Waals surface area contributed by atoms with Crippen LogP contribution >= 0.6 is 11.3 Å². The van der Waals surface area contributed by atoms with Gasteiger partial charge in [0.25, 0.3) is 0 Å². The Bertz CT molecular complexity index is 790. The molecule has 0 spiro atoms. The summed E-state index contributed by atoms with van der Waals surface area (Å²) < 4.78 is 12.3. The van der Waals surface area contributed by atoms with Crippen LogP contribution in [-0.4, -0.2) is 19.6 Å². The van der Waals surface area contributed by atoms with Gasteiger partial charge in [-0.25, -0.2) is 0 Å². The first-order chi connectivity index (χ1) is 10.7. The Morgan fingerprint density at radius 3 is 2.91 bits per heavy atom. The highest BCUT2D eigenvalue weighted by molar-refractivity contribution is 7.17. The molecule has 114 valence electrons. The van der Waals surface area contributed by atoms with Crippen molar-refractivity contribution in [1.29, 1.82) is 0 Å². The van der Waals surface area contributed by atoms with Crippen LogP contribution in [0.2, 0.25) is 0 Å². The summed E-state index contributed by atoms with van der Waals surface area (Å²) in [7, 11) is 1.66. The monoisotopic (exact) mass is 315 g/mol. The van der Waals surface area contributed by atoms with E-state index in [-0.39, 0.29) is 5.91 Å². The first-order valence-corrected chi connectivity index (χ1v) is 7.94. The van der Waals surface area contributed by atoms with Crippen molar-refractivity contribution in [2.45, 2.75) is 13.3 Å². The Hall–Kier alpha value is -2.27. The molecule has 0 fully saturated rings. The van der Waals surface area contributed by atoms with Crippen molar-refractivity contribution >= 4 is 27.3 Å². The zero-order chi connectivity index (χ0) is 15.5. The van der Waals surface area contributed by atoms with Gasteiger partial charge in [0, 0.05) is 23.6 Å². The molecule has 0 aliphatic heterocycles. The number of carbonyl (C=O) groups is 1. The average molecular weight is 315 g/mol. The van der Waals surface area contributed by atoms with Crippen LogP contribution < -0.4 is 10.1 Å². The van der Waals surface area contributed by atoms with E-state index < -0.39 is 0 Å². The lowest BCUT2D eigenvalue weighted by Crippen LogP contribution is -2.22. The second kappa shape index (κ2) is 6.23. The Kier molecular flexibility index (Phi) is 4.15. The fraction of sp³-hybridized carbons (Fsp3) is 0.235. The van der Waals surface area contributed by atoms with Crippen molar-refractivity contribution in [1.82, 2.24) is 5.32 Å². The molecule has 0 atom stereocenters. The second-order valence-corrected chi connectivity index (χ2v) is 5.90. The lowest BCUT2D eigenvalue weighted by atomic mass is 10.0. The molecule has 4 nitrogen and oxygen atoms in total. The van der Waals surface area contributed by atoms with E-state index in [1.165, 1.54) is 17.2 Å². The first kappa shape index (κ1) is 14.7. The maximum absolute atomic E-state index is 11.0. The van der Waals surface area contributed by atoms with Gasteiger partial charge in [-0.3, -0.25) is 4.79 Å². The summed E-state index contributed by atoms with van der Waals surface area (Å²) in [5.74, 6) is 1.58. The van der Waals surface area contributed by atoms with Gasteiger partial charge in [0.05, 0.1) is 18.9 Å². The number of carbonyl (C=O) groups excluding carboxylic acids is 1. The molecule has 1 N–H and O–H groups in total. The largest absolute Gasteiger partial charge is 0.496 e. The zero-order valence-corrected chi connectivity index (χ0v) is 13.3. The highest BCUT2D eigenvalue weighted by Gasteiger charge is 2.17. The van der Waals surface area contributed by atoms with E-state index in [2.05, 4.69) is 16.8 Å². The molecule has 0 bridgehead atoms. The van der Waals surface area contributed by atoms with E-state index in [0.29, 0.717) is 6.54 Å². The lowest BCUT2D eigenvalue weighted by Gasteiger charge is -2.10. The molecule has 1 amide bonds. The fourth-order valence-corrected chi connectivity index (χ4v) is 3.57. The molecule has 0 aliphatic rings. The molecule has 0 radical (unpaired) electrons. The summed E-state index contributed by atoms with van der Waals surface area (Å²) in [6.45, 7) is 2.15. The van der Waals surface area contributed by atoms with Crippen LogP contribution in [0.3, 0.4) is 0 Å². The van der Waals surface area contributed by atoms with Crippen molar-refractivity contribution in [2.75, 3.05) is 13.7 Å². The molecule has 0 saturated heterocycles. The topological polar surface area (TPSA) is 51.5 Å². The minimum absolute atomic E-state index is 0.0108. The third kappa shape index (κ3) is 2.72. The number of fused-ring (bicyclic) bond motifs is 1. The minimum atomic E-state index is -0.0108. The number of methoxy groups -OCH3 is 1. The van der Waals surface area contributed by atoms with Gasteiger partial charge in [-0.1, -0.05) is 0 Å². The third-order valence-electron chi connectivity index (χ3n) is 3.53. The Balaban J connectivity index is 2.09. The van der Waals surface area contributed by atoms with E-state index in [0.717, 1.165) is 28.9 Å². The predicted molar refractivity (Wildman–Crippen MR) is 88.5 cm³/mol. The SMILES string of the molecule is COc1ccc2scc(CCNC(C)=O)c2c1-c1ccco1. The molecule has 3 rings (SSSR count). The second-order valence-electron chi connectivity index (χ2n) is 4.99. The summed E-state index contributed by atoms with van der Waals surface area (Å²) >= 11 is 1.69. The van der Waals surface area contributed by atoms with Gasteiger partial charge in [0.2, 0.25) is 5.91 Å². The zero-order valence-electron chi connectivity index (χ0n) is 12.5. The molecule has 22 heavy (non-hydrogen) atoms. The number of rotatable bonds is 5. The summed E-state index contributed by atoms with van der Waals surface area (Å²) in [6, 6.07) is 7.84. The molecule has 0 unspecified atom stereocenters. The number of benzene rings is 1. The number of ether oxygens (including phenoxy) is 1. The van der Waals surface area contributed by atoms with E-state index in [4.69, 9.17) is 9.15 Å². The van der Waals surface area contributed by atoms with Crippen molar-refractivity contribution in [3.05, 3.63) is 41.5 Å². The first-order valence-electron chi connectivity index (χ1n) is 7.06. The van der Waals surface area contributed by atoms with Gasteiger partial charge in [-0.2, -0.15) is 0 Å². The maximum Gasteiger partial charge on any atom is 0.216 e. The van der Waals surface area contributed by atoms with Crippen LogP contribution in [0.4, 0.5) is 0 Å². The number of thiophene rings is 1. The Morgan fingerprint density at radius 1 is 1.36 bits per heavy atom. The molecule has 2 heterocycles. The van der Waals surface area contributed by atoms with Crippen LogP contribution in [0.1, 0.15) is 12.5 Å². The molecule has 3 aromatic rings. The summed E-state index contributed by atoms with van der Waals surface area (Å²) in [5.41, 5.74) is 2.17. The van der Waals surface area contributed by atoms with Crippen LogP contribution in [0, 0.1) is 0 Å². The van der Waals surface area contributed by atoms with E-state index in [1.54, 1.807) is 24.7 Å². The highest BCUT2D eigenvalue weighted by Crippen LogP contribution is 2.41. The molecule has 0 saturated carbocycles. The van der Waals surface area contributed by atoms with E-state index in [9.17, 15) is 4.79 Å². The lowest BCUT2D eigenvalue weighted by molar-refractivity contribution is -0.118. The predicted octanol–water partition coefficient (Wildman–Crippen LogP) is 3.85. The van der Waals surface area contributed by atoms with Crippen molar-refractivity contribution in [2.24, 2.45) is 0 Å². The smallest absolute Gasteiger partial charge is 0.216 e. The molecular formula is C17H17NO3S. The van der Waals surface area contributed by atoms with Crippen LogP contribution in [0.5, 0.6) is 5.75 Å². The maximum atomic E-state index is 11.0.